The highest BCUT2D eigenvalue weighted by Gasteiger charge is 2.49. The van der Waals surface area contributed by atoms with Crippen LogP contribution in [0, 0.1) is 24.2 Å². The van der Waals surface area contributed by atoms with E-state index >= 15 is 4.39 Å². The number of benzene rings is 1. The predicted molar refractivity (Wildman–Crippen MR) is 131 cm³/mol. The molecule has 0 fully saturated rings. The standard InChI is InChI=1S/C29H25FN4O/c1-16-21-12-11-20-25(19-7-4-5-9-22(19)30)33-28(18-13-14-32-23-10-6-8-17(18)23)34-27(20)29(21,2)15-24(31-3)26(16)35/h4-5,7,9,13-16,21H,6,8,10-12H2,1-2H3/t16-,21-,29-/m1/s1. The summed E-state index contributed by atoms with van der Waals surface area (Å²) in [6.07, 6.45) is 7.92. The maximum Gasteiger partial charge on any atom is 0.226 e. The fraction of sp³-hybridized carbons (Fsp3) is 0.345. The minimum Gasteiger partial charge on any atom is -0.308 e. The maximum absolute atomic E-state index is 15.1. The molecule has 0 N–H and O–H groups in total. The Morgan fingerprint density at radius 1 is 1.09 bits per heavy atom. The second kappa shape index (κ2) is 7.91. The minimum absolute atomic E-state index is 0.0207. The van der Waals surface area contributed by atoms with Crippen molar-refractivity contribution in [2.45, 2.75) is 51.4 Å². The Labute approximate surface area is 204 Å². The van der Waals surface area contributed by atoms with Gasteiger partial charge in [0.1, 0.15) is 5.82 Å². The minimum atomic E-state index is -0.616. The lowest BCUT2D eigenvalue weighted by atomic mass is 9.58. The van der Waals surface area contributed by atoms with Crippen LogP contribution in [0.3, 0.4) is 0 Å². The molecule has 0 saturated carbocycles. The molecule has 5 nitrogen and oxygen atoms in total. The molecule has 3 aliphatic carbocycles. The third-order valence-corrected chi connectivity index (χ3v) is 8.17. The molecule has 35 heavy (non-hydrogen) atoms. The van der Waals surface area contributed by atoms with Crippen molar-refractivity contribution in [1.29, 1.82) is 0 Å². The van der Waals surface area contributed by atoms with Gasteiger partial charge in [0.15, 0.2) is 11.6 Å². The smallest absolute Gasteiger partial charge is 0.226 e. The first-order valence-corrected chi connectivity index (χ1v) is 12.2. The van der Waals surface area contributed by atoms with Gasteiger partial charge in [-0.3, -0.25) is 4.98 Å². The van der Waals surface area contributed by atoms with Crippen LogP contribution in [0.2, 0.25) is 0 Å². The summed E-state index contributed by atoms with van der Waals surface area (Å²) in [5, 5.41) is 0. The molecule has 6 rings (SSSR count). The molecule has 3 aliphatic rings. The zero-order valence-electron chi connectivity index (χ0n) is 19.8. The predicted octanol–water partition coefficient (Wildman–Crippen LogP) is 5.68. The fourth-order valence-electron chi connectivity index (χ4n) is 6.41. The number of fused-ring (bicyclic) bond motifs is 4. The van der Waals surface area contributed by atoms with Gasteiger partial charge in [-0.05, 0) is 61.8 Å². The first-order chi connectivity index (χ1) is 16.9. The lowest BCUT2D eigenvalue weighted by Gasteiger charge is -2.46. The van der Waals surface area contributed by atoms with Crippen molar-refractivity contribution in [1.82, 2.24) is 15.0 Å². The number of rotatable bonds is 2. The Balaban J connectivity index is 1.67. The van der Waals surface area contributed by atoms with Gasteiger partial charge in [0, 0.05) is 39.9 Å². The largest absolute Gasteiger partial charge is 0.308 e. The molecule has 6 heteroatoms. The highest BCUT2D eigenvalue weighted by Crippen LogP contribution is 2.51. The second-order valence-corrected chi connectivity index (χ2v) is 10.1. The third-order valence-electron chi connectivity index (χ3n) is 8.17. The number of allylic oxidation sites excluding steroid dienone is 2. The number of Topliss-reactive ketones (excluding diaryl/α,β-unsaturated/α-hetero) is 1. The molecule has 1 aromatic carbocycles. The summed E-state index contributed by atoms with van der Waals surface area (Å²) in [5.41, 5.74) is 5.50. The summed E-state index contributed by atoms with van der Waals surface area (Å²) in [7, 11) is 0. The number of pyridine rings is 1. The summed E-state index contributed by atoms with van der Waals surface area (Å²) in [6.45, 7) is 11.6. The van der Waals surface area contributed by atoms with Crippen LogP contribution in [-0.4, -0.2) is 20.7 Å². The molecular formula is C29H25FN4O. The highest BCUT2D eigenvalue weighted by atomic mass is 19.1. The van der Waals surface area contributed by atoms with Crippen molar-refractivity contribution in [2.24, 2.45) is 11.8 Å². The normalized spacial score (nSPS) is 24.7. The Hall–Kier alpha value is -3.72. The monoisotopic (exact) mass is 464 g/mol. The van der Waals surface area contributed by atoms with Crippen molar-refractivity contribution in [3.8, 4) is 22.6 Å². The molecule has 3 atom stereocenters. The second-order valence-electron chi connectivity index (χ2n) is 10.1. The lowest BCUT2D eigenvalue weighted by molar-refractivity contribution is -0.121. The van der Waals surface area contributed by atoms with Gasteiger partial charge < -0.3 is 4.79 Å². The fourth-order valence-corrected chi connectivity index (χ4v) is 6.41. The number of aryl methyl sites for hydroxylation is 1. The average molecular weight is 465 g/mol. The van der Waals surface area contributed by atoms with Crippen LogP contribution in [0.5, 0.6) is 0 Å². The average Bonchev–Trinajstić information content (AvgIpc) is 3.35. The van der Waals surface area contributed by atoms with E-state index in [0.29, 0.717) is 23.5 Å². The van der Waals surface area contributed by atoms with Crippen LogP contribution < -0.4 is 0 Å². The van der Waals surface area contributed by atoms with E-state index in [1.54, 1.807) is 18.3 Å². The number of halogens is 1. The zero-order chi connectivity index (χ0) is 24.3. The molecule has 0 unspecified atom stereocenters. The molecule has 174 valence electrons. The van der Waals surface area contributed by atoms with Crippen molar-refractivity contribution in [3.63, 3.8) is 0 Å². The number of carbonyl (C=O) groups is 1. The first-order valence-electron chi connectivity index (χ1n) is 12.2. The molecule has 2 heterocycles. The molecule has 0 saturated heterocycles. The van der Waals surface area contributed by atoms with Gasteiger partial charge >= 0.3 is 0 Å². The third kappa shape index (κ3) is 3.18. The van der Waals surface area contributed by atoms with Gasteiger partial charge in [0.05, 0.1) is 18.0 Å². The Bertz CT molecular complexity index is 1470. The summed E-state index contributed by atoms with van der Waals surface area (Å²) in [6, 6.07) is 8.68. The van der Waals surface area contributed by atoms with Crippen LogP contribution in [0.25, 0.3) is 27.5 Å². The van der Waals surface area contributed by atoms with Gasteiger partial charge in [-0.1, -0.05) is 32.1 Å². The molecule has 0 radical (unpaired) electrons. The molecule has 0 bridgehead atoms. The van der Waals surface area contributed by atoms with Gasteiger partial charge in [-0.2, -0.15) is 0 Å². The molecular weight excluding hydrogens is 439 g/mol. The van der Waals surface area contributed by atoms with E-state index in [1.807, 2.05) is 25.1 Å². The van der Waals surface area contributed by atoms with Gasteiger partial charge in [0.25, 0.3) is 0 Å². The molecule has 0 aliphatic heterocycles. The highest BCUT2D eigenvalue weighted by molar-refractivity contribution is 6.00. The van der Waals surface area contributed by atoms with E-state index in [4.69, 9.17) is 16.5 Å². The van der Waals surface area contributed by atoms with Crippen molar-refractivity contribution in [2.75, 3.05) is 0 Å². The van der Waals surface area contributed by atoms with Crippen LogP contribution in [0.1, 0.15) is 49.2 Å². The van der Waals surface area contributed by atoms with E-state index in [1.165, 1.54) is 6.07 Å². The zero-order valence-corrected chi connectivity index (χ0v) is 19.8. The quantitative estimate of drug-likeness (QED) is 0.458. The topological polar surface area (TPSA) is 60.1 Å². The number of ketones is 1. The van der Waals surface area contributed by atoms with E-state index in [9.17, 15) is 4.79 Å². The molecule has 0 spiro atoms. The van der Waals surface area contributed by atoms with Gasteiger partial charge in [0.2, 0.25) is 5.70 Å². The van der Waals surface area contributed by atoms with Crippen LogP contribution in [0.4, 0.5) is 4.39 Å². The van der Waals surface area contributed by atoms with Gasteiger partial charge in [-0.15, -0.1) is 0 Å². The molecule has 3 aromatic rings. The summed E-state index contributed by atoms with van der Waals surface area (Å²) in [5.74, 6) is -0.112. The van der Waals surface area contributed by atoms with E-state index in [-0.39, 0.29) is 29.1 Å². The summed E-state index contributed by atoms with van der Waals surface area (Å²) >= 11 is 0. The molecule has 2 aromatic heterocycles. The number of nitrogens with zero attached hydrogens (tertiary/aromatic N) is 4. The van der Waals surface area contributed by atoms with Crippen LogP contribution >= 0.6 is 0 Å². The summed E-state index contributed by atoms with van der Waals surface area (Å²) in [4.78, 5) is 31.1. The Kier molecular flexibility index (Phi) is 4.93. The summed E-state index contributed by atoms with van der Waals surface area (Å²) < 4.78 is 15.1. The van der Waals surface area contributed by atoms with Crippen LogP contribution in [0.15, 0.2) is 48.3 Å². The number of aromatic nitrogens is 3. The van der Waals surface area contributed by atoms with E-state index in [2.05, 4.69) is 16.8 Å². The van der Waals surface area contributed by atoms with Gasteiger partial charge in [-0.25, -0.2) is 19.2 Å². The molecule has 0 amide bonds. The first kappa shape index (κ1) is 21.8. The maximum atomic E-state index is 15.1. The Morgan fingerprint density at radius 2 is 1.91 bits per heavy atom. The SMILES string of the molecule is [C-]#[N+]C1=C[C@@]2(C)c3nc(-c4ccnc5c4CCC5)nc(-c4ccccc4F)c3CC[C@@H]2[C@@H](C)C1=O. The van der Waals surface area contributed by atoms with E-state index < -0.39 is 5.41 Å². The van der Waals surface area contributed by atoms with Crippen molar-refractivity contribution in [3.05, 3.63) is 88.1 Å². The lowest BCUT2D eigenvalue weighted by Crippen LogP contribution is -2.46. The van der Waals surface area contributed by atoms with Crippen LogP contribution in [-0.2, 0) is 29.5 Å². The van der Waals surface area contributed by atoms with Crippen molar-refractivity contribution < 1.29 is 9.18 Å². The number of carbonyl (C=O) groups excluding carboxylic acids is 1. The number of hydrogen-bond acceptors (Lipinski definition) is 4. The number of hydrogen-bond donors (Lipinski definition) is 0. The van der Waals surface area contributed by atoms with E-state index in [0.717, 1.165) is 53.8 Å². The Morgan fingerprint density at radius 3 is 2.71 bits per heavy atom. The van der Waals surface area contributed by atoms with Crippen molar-refractivity contribution >= 4 is 5.78 Å².